The summed E-state index contributed by atoms with van der Waals surface area (Å²) in [6.07, 6.45) is 2.41. The highest BCUT2D eigenvalue weighted by molar-refractivity contribution is 5.88. The Balaban J connectivity index is 1.84. The number of carbonyl (C=O) groups is 3. The molecule has 0 radical (unpaired) electrons. The van der Waals surface area contributed by atoms with Crippen molar-refractivity contribution in [3.63, 3.8) is 0 Å². The maximum atomic E-state index is 12.8. The van der Waals surface area contributed by atoms with E-state index in [9.17, 15) is 14.4 Å². The Bertz CT molecular complexity index is 673. The number of likely N-dealkylation sites (tertiary alicyclic amines) is 1. The van der Waals surface area contributed by atoms with Crippen molar-refractivity contribution in [3.8, 4) is 0 Å². The first-order valence-corrected chi connectivity index (χ1v) is 8.43. The molecule has 0 unspecified atom stereocenters. The molecule has 6 heteroatoms. The average molecular weight is 329 g/mol. The SMILES string of the molecule is CC(=O)N1CCc2ccccc2[C@H]1CC(=O)N1CCC[C@H]1C(N)=O. The largest absolute Gasteiger partial charge is 0.368 e. The Kier molecular flexibility index (Phi) is 4.55. The van der Waals surface area contributed by atoms with Gasteiger partial charge in [-0.05, 0) is 30.4 Å². The molecule has 6 nitrogen and oxygen atoms in total. The molecule has 1 aromatic carbocycles. The van der Waals surface area contributed by atoms with E-state index in [1.165, 1.54) is 12.5 Å². The van der Waals surface area contributed by atoms with Crippen molar-refractivity contribution < 1.29 is 14.4 Å². The molecule has 2 atom stereocenters. The van der Waals surface area contributed by atoms with Gasteiger partial charge in [-0.25, -0.2) is 0 Å². The minimum absolute atomic E-state index is 0.0322. The van der Waals surface area contributed by atoms with Crippen LogP contribution in [0.1, 0.15) is 43.4 Å². The van der Waals surface area contributed by atoms with Crippen LogP contribution in [0.3, 0.4) is 0 Å². The van der Waals surface area contributed by atoms with Crippen LogP contribution in [0.4, 0.5) is 0 Å². The van der Waals surface area contributed by atoms with Gasteiger partial charge in [-0.3, -0.25) is 14.4 Å². The molecule has 0 bridgehead atoms. The van der Waals surface area contributed by atoms with Crippen LogP contribution in [0.2, 0.25) is 0 Å². The zero-order valence-corrected chi connectivity index (χ0v) is 13.9. The lowest BCUT2D eigenvalue weighted by Crippen LogP contribution is -2.46. The van der Waals surface area contributed by atoms with Gasteiger partial charge in [0.25, 0.3) is 0 Å². The van der Waals surface area contributed by atoms with Crippen molar-refractivity contribution in [2.75, 3.05) is 13.1 Å². The third kappa shape index (κ3) is 3.00. The zero-order chi connectivity index (χ0) is 17.3. The van der Waals surface area contributed by atoms with E-state index < -0.39 is 11.9 Å². The van der Waals surface area contributed by atoms with Gasteiger partial charge in [0.2, 0.25) is 17.7 Å². The number of nitrogens with zero attached hydrogens (tertiary/aromatic N) is 2. The molecule has 24 heavy (non-hydrogen) atoms. The van der Waals surface area contributed by atoms with Gasteiger partial charge in [0.1, 0.15) is 6.04 Å². The van der Waals surface area contributed by atoms with Gasteiger partial charge in [0, 0.05) is 20.0 Å². The molecule has 0 spiro atoms. The predicted octanol–water partition coefficient (Wildman–Crippen LogP) is 0.999. The van der Waals surface area contributed by atoms with E-state index in [2.05, 4.69) is 0 Å². The standard InChI is InChI=1S/C18H23N3O3/c1-12(22)20-10-8-13-5-2-3-6-14(13)16(20)11-17(23)21-9-4-7-15(21)18(19)24/h2-3,5-6,15-16H,4,7-11H2,1H3,(H2,19,24)/t15-,16+/m0/s1. The summed E-state index contributed by atoms with van der Waals surface area (Å²) < 4.78 is 0. The molecule has 3 rings (SSSR count). The summed E-state index contributed by atoms with van der Waals surface area (Å²) in [5.74, 6) is -0.590. The minimum atomic E-state index is -0.512. The van der Waals surface area contributed by atoms with Gasteiger partial charge in [-0.15, -0.1) is 0 Å². The third-order valence-electron chi connectivity index (χ3n) is 5.09. The molecule has 0 saturated carbocycles. The van der Waals surface area contributed by atoms with Crippen LogP contribution >= 0.6 is 0 Å². The van der Waals surface area contributed by atoms with Gasteiger partial charge in [0.05, 0.1) is 12.5 Å². The average Bonchev–Trinajstić information content (AvgIpc) is 3.04. The van der Waals surface area contributed by atoms with Crippen LogP contribution in [-0.2, 0) is 20.8 Å². The lowest BCUT2D eigenvalue weighted by molar-refractivity contribution is -0.140. The van der Waals surface area contributed by atoms with Gasteiger partial charge in [-0.1, -0.05) is 24.3 Å². The lowest BCUT2D eigenvalue weighted by atomic mass is 9.90. The van der Waals surface area contributed by atoms with Gasteiger partial charge >= 0.3 is 0 Å². The summed E-state index contributed by atoms with van der Waals surface area (Å²) in [5, 5.41) is 0. The molecule has 2 N–H and O–H groups in total. The van der Waals surface area contributed by atoms with Crippen LogP contribution in [0, 0.1) is 0 Å². The Morgan fingerprint density at radius 1 is 1.17 bits per heavy atom. The number of amides is 3. The molecular weight excluding hydrogens is 306 g/mol. The smallest absolute Gasteiger partial charge is 0.240 e. The van der Waals surface area contributed by atoms with Crippen molar-refractivity contribution in [3.05, 3.63) is 35.4 Å². The van der Waals surface area contributed by atoms with Gasteiger partial charge in [-0.2, -0.15) is 0 Å². The van der Waals surface area contributed by atoms with Crippen LogP contribution in [0.25, 0.3) is 0 Å². The quantitative estimate of drug-likeness (QED) is 0.898. The number of carbonyl (C=O) groups excluding carboxylic acids is 3. The monoisotopic (exact) mass is 329 g/mol. The normalized spacial score (nSPS) is 23.0. The number of primary amides is 1. The summed E-state index contributed by atoms with van der Waals surface area (Å²) >= 11 is 0. The molecule has 2 aliphatic rings. The molecule has 1 fully saturated rings. The van der Waals surface area contributed by atoms with E-state index in [-0.39, 0.29) is 24.3 Å². The summed E-state index contributed by atoms with van der Waals surface area (Å²) in [4.78, 5) is 39.7. The topological polar surface area (TPSA) is 83.7 Å². The Labute approximate surface area is 141 Å². The molecule has 2 heterocycles. The molecule has 0 aromatic heterocycles. The number of hydrogen-bond donors (Lipinski definition) is 1. The van der Waals surface area contributed by atoms with Crippen LogP contribution in [0.5, 0.6) is 0 Å². The van der Waals surface area contributed by atoms with Gasteiger partial charge < -0.3 is 15.5 Å². The first-order chi connectivity index (χ1) is 11.5. The lowest BCUT2D eigenvalue weighted by Gasteiger charge is -2.37. The van der Waals surface area contributed by atoms with E-state index in [4.69, 9.17) is 5.73 Å². The number of nitrogens with two attached hydrogens (primary N) is 1. The summed E-state index contributed by atoms with van der Waals surface area (Å²) in [6.45, 7) is 2.71. The van der Waals surface area contributed by atoms with Crippen molar-refractivity contribution in [2.24, 2.45) is 5.73 Å². The van der Waals surface area contributed by atoms with Crippen molar-refractivity contribution in [1.82, 2.24) is 9.80 Å². The third-order valence-corrected chi connectivity index (χ3v) is 5.09. The van der Waals surface area contributed by atoms with E-state index >= 15 is 0 Å². The molecule has 1 saturated heterocycles. The molecule has 0 aliphatic carbocycles. The number of benzene rings is 1. The second-order valence-corrected chi connectivity index (χ2v) is 6.53. The Hall–Kier alpha value is -2.37. The fourth-order valence-corrected chi connectivity index (χ4v) is 3.89. The highest BCUT2D eigenvalue weighted by Gasteiger charge is 2.36. The zero-order valence-electron chi connectivity index (χ0n) is 13.9. The van der Waals surface area contributed by atoms with Crippen LogP contribution in [-0.4, -0.2) is 46.7 Å². The first kappa shape index (κ1) is 16.5. The van der Waals surface area contributed by atoms with E-state index in [1.807, 2.05) is 24.3 Å². The van der Waals surface area contributed by atoms with Gasteiger partial charge in [0.15, 0.2) is 0 Å². The highest BCUT2D eigenvalue weighted by Crippen LogP contribution is 2.33. The first-order valence-electron chi connectivity index (χ1n) is 8.43. The highest BCUT2D eigenvalue weighted by atomic mass is 16.2. The summed E-state index contributed by atoms with van der Waals surface area (Å²) in [7, 11) is 0. The maximum Gasteiger partial charge on any atom is 0.240 e. The number of fused-ring (bicyclic) bond motifs is 1. The number of hydrogen-bond acceptors (Lipinski definition) is 3. The molecule has 3 amide bonds. The van der Waals surface area contributed by atoms with E-state index in [0.29, 0.717) is 19.5 Å². The minimum Gasteiger partial charge on any atom is -0.368 e. The second-order valence-electron chi connectivity index (χ2n) is 6.53. The van der Waals surface area contributed by atoms with Crippen molar-refractivity contribution >= 4 is 17.7 Å². The Morgan fingerprint density at radius 2 is 1.92 bits per heavy atom. The molecule has 128 valence electrons. The molecular formula is C18H23N3O3. The summed E-state index contributed by atoms with van der Waals surface area (Å²) in [5.41, 5.74) is 7.62. The predicted molar refractivity (Wildman–Crippen MR) is 88.8 cm³/mol. The number of rotatable bonds is 3. The van der Waals surface area contributed by atoms with Crippen LogP contribution in [0.15, 0.2) is 24.3 Å². The molecule has 2 aliphatic heterocycles. The van der Waals surface area contributed by atoms with Crippen molar-refractivity contribution in [1.29, 1.82) is 0 Å². The fourth-order valence-electron chi connectivity index (χ4n) is 3.89. The van der Waals surface area contributed by atoms with Crippen molar-refractivity contribution in [2.45, 2.75) is 44.7 Å². The maximum absolute atomic E-state index is 12.8. The fraction of sp³-hybridized carbons (Fsp3) is 0.500. The van der Waals surface area contributed by atoms with E-state index in [1.54, 1.807) is 9.80 Å². The van der Waals surface area contributed by atoms with Crippen LogP contribution < -0.4 is 5.73 Å². The second kappa shape index (κ2) is 6.63. The molecule has 1 aromatic rings. The summed E-state index contributed by atoms with van der Waals surface area (Å²) in [6, 6.07) is 7.16. The Morgan fingerprint density at radius 3 is 2.62 bits per heavy atom. The van der Waals surface area contributed by atoms with E-state index in [0.717, 1.165) is 18.4 Å².